The van der Waals surface area contributed by atoms with Crippen molar-refractivity contribution in [2.75, 3.05) is 26.4 Å². The average Bonchev–Trinajstić information content (AvgIpc) is 2.46. The van der Waals surface area contributed by atoms with E-state index in [9.17, 15) is 4.79 Å². The van der Waals surface area contributed by atoms with Crippen molar-refractivity contribution in [3.05, 3.63) is 22.3 Å². The second kappa shape index (κ2) is 7.26. The molecule has 0 atom stereocenters. The zero-order chi connectivity index (χ0) is 15.3. The quantitative estimate of drug-likeness (QED) is 0.795. The van der Waals surface area contributed by atoms with Crippen molar-refractivity contribution < 1.29 is 14.3 Å². The van der Waals surface area contributed by atoms with Gasteiger partial charge in [0.05, 0.1) is 17.1 Å². The number of ether oxygens (including phenoxy) is 2. The van der Waals surface area contributed by atoms with Gasteiger partial charge >= 0.3 is 0 Å². The van der Waals surface area contributed by atoms with Gasteiger partial charge in [0.2, 0.25) is 11.8 Å². The second-order valence-electron chi connectivity index (χ2n) is 4.81. The SMILES string of the molecule is NC1(C(=O)NCCOc2ncc(Cl)cc2Cl)CCOCC1. The molecule has 3 N–H and O–H groups in total. The lowest BCUT2D eigenvalue weighted by Crippen LogP contribution is -2.57. The van der Waals surface area contributed by atoms with Crippen LogP contribution in [0.3, 0.4) is 0 Å². The summed E-state index contributed by atoms with van der Waals surface area (Å²) in [6.45, 7) is 1.57. The molecule has 0 spiro atoms. The van der Waals surface area contributed by atoms with E-state index < -0.39 is 5.54 Å². The van der Waals surface area contributed by atoms with E-state index >= 15 is 0 Å². The van der Waals surface area contributed by atoms with Crippen LogP contribution < -0.4 is 15.8 Å². The van der Waals surface area contributed by atoms with Crippen molar-refractivity contribution in [3.63, 3.8) is 0 Å². The Labute approximate surface area is 132 Å². The van der Waals surface area contributed by atoms with Crippen LogP contribution in [0, 0.1) is 0 Å². The lowest BCUT2D eigenvalue weighted by Gasteiger charge is -2.31. The Hall–Kier alpha value is -1.08. The highest BCUT2D eigenvalue weighted by Gasteiger charge is 2.35. The molecule has 1 aromatic heterocycles. The first kappa shape index (κ1) is 16.3. The van der Waals surface area contributed by atoms with Crippen molar-refractivity contribution in [1.82, 2.24) is 10.3 Å². The number of hydrogen-bond donors (Lipinski definition) is 2. The number of nitrogens with one attached hydrogen (secondary N) is 1. The van der Waals surface area contributed by atoms with Gasteiger partial charge in [-0.3, -0.25) is 4.79 Å². The van der Waals surface area contributed by atoms with Crippen molar-refractivity contribution in [2.24, 2.45) is 5.73 Å². The average molecular weight is 334 g/mol. The van der Waals surface area contributed by atoms with Gasteiger partial charge in [0.15, 0.2) is 0 Å². The van der Waals surface area contributed by atoms with Crippen LogP contribution in [0.1, 0.15) is 12.8 Å². The Morgan fingerprint density at radius 2 is 2.19 bits per heavy atom. The molecular weight excluding hydrogens is 317 g/mol. The zero-order valence-electron chi connectivity index (χ0n) is 11.4. The molecule has 8 heteroatoms. The van der Waals surface area contributed by atoms with Gasteiger partial charge in [0, 0.05) is 19.4 Å². The molecule has 1 aromatic rings. The van der Waals surface area contributed by atoms with Gasteiger partial charge in [-0.15, -0.1) is 0 Å². The summed E-state index contributed by atoms with van der Waals surface area (Å²) < 4.78 is 10.6. The maximum atomic E-state index is 12.0. The molecule has 116 valence electrons. The summed E-state index contributed by atoms with van der Waals surface area (Å²) in [4.78, 5) is 16.0. The van der Waals surface area contributed by atoms with Crippen LogP contribution in [0.15, 0.2) is 12.3 Å². The first-order chi connectivity index (χ1) is 10.0. The van der Waals surface area contributed by atoms with Crippen molar-refractivity contribution >= 4 is 29.1 Å². The molecule has 2 rings (SSSR count). The highest BCUT2D eigenvalue weighted by Crippen LogP contribution is 2.24. The van der Waals surface area contributed by atoms with E-state index in [0.29, 0.717) is 42.6 Å². The molecule has 0 aromatic carbocycles. The van der Waals surface area contributed by atoms with Gasteiger partial charge in [-0.2, -0.15) is 0 Å². The fourth-order valence-corrected chi connectivity index (χ4v) is 2.39. The number of nitrogens with two attached hydrogens (primary N) is 1. The Bertz CT molecular complexity index is 507. The molecule has 0 aliphatic carbocycles. The number of amides is 1. The summed E-state index contributed by atoms with van der Waals surface area (Å²) in [5.74, 6) is 0.0911. The molecule has 0 unspecified atom stereocenters. The van der Waals surface area contributed by atoms with Crippen LogP contribution in [-0.4, -0.2) is 42.8 Å². The van der Waals surface area contributed by atoms with Crippen LogP contribution in [0.4, 0.5) is 0 Å². The number of pyridine rings is 1. The van der Waals surface area contributed by atoms with Gasteiger partial charge in [0.1, 0.15) is 11.6 Å². The third-order valence-electron chi connectivity index (χ3n) is 3.24. The molecule has 1 fully saturated rings. The smallest absolute Gasteiger partial charge is 0.240 e. The number of aromatic nitrogens is 1. The number of halogens is 2. The lowest BCUT2D eigenvalue weighted by molar-refractivity contribution is -0.129. The van der Waals surface area contributed by atoms with E-state index in [1.807, 2.05) is 0 Å². The fraction of sp³-hybridized carbons (Fsp3) is 0.538. The summed E-state index contributed by atoms with van der Waals surface area (Å²) in [5, 5.41) is 3.52. The minimum atomic E-state index is -0.853. The van der Waals surface area contributed by atoms with Crippen molar-refractivity contribution in [2.45, 2.75) is 18.4 Å². The van der Waals surface area contributed by atoms with E-state index in [1.165, 1.54) is 6.20 Å². The maximum absolute atomic E-state index is 12.0. The Morgan fingerprint density at radius 1 is 1.48 bits per heavy atom. The van der Waals surface area contributed by atoms with Gasteiger partial charge in [-0.05, 0) is 18.9 Å². The molecular formula is C13H17Cl2N3O3. The number of carbonyl (C=O) groups excluding carboxylic acids is 1. The van der Waals surface area contributed by atoms with Crippen LogP contribution in [0.5, 0.6) is 5.88 Å². The van der Waals surface area contributed by atoms with Crippen LogP contribution in [-0.2, 0) is 9.53 Å². The second-order valence-corrected chi connectivity index (χ2v) is 5.66. The Kier molecular flexibility index (Phi) is 5.64. The molecule has 1 aliphatic heterocycles. The summed E-state index contributed by atoms with van der Waals surface area (Å²) in [5.41, 5.74) is 5.20. The highest BCUT2D eigenvalue weighted by molar-refractivity contribution is 6.35. The molecule has 21 heavy (non-hydrogen) atoms. The standard InChI is InChI=1S/C13H17Cl2N3O3/c14-9-7-10(15)11(18-8-9)21-6-3-17-12(19)13(16)1-4-20-5-2-13/h7-8H,1-6,16H2,(H,17,19). The van der Waals surface area contributed by atoms with Crippen molar-refractivity contribution in [3.8, 4) is 5.88 Å². The van der Waals surface area contributed by atoms with Crippen LogP contribution in [0.2, 0.25) is 10.0 Å². The Morgan fingerprint density at radius 3 is 2.86 bits per heavy atom. The van der Waals surface area contributed by atoms with E-state index in [0.717, 1.165) is 0 Å². The predicted octanol–water partition coefficient (Wildman–Crippen LogP) is 1.39. The summed E-state index contributed by atoms with van der Waals surface area (Å²) in [6, 6.07) is 1.54. The summed E-state index contributed by atoms with van der Waals surface area (Å²) >= 11 is 11.7. The third kappa shape index (κ3) is 4.44. The predicted molar refractivity (Wildman–Crippen MR) is 79.7 cm³/mol. The molecule has 0 saturated carbocycles. The molecule has 1 aliphatic rings. The van der Waals surface area contributed by atoms with E-state index in [4.69, 9.17) is 38.4 Å². The van der Waals surface area contributed by atoms with Gasteiger partial charge in [0.25, 0.3) is 0 Å². The third-order valence-corrected chi connectivity index (χ3v) is 3.72. The van der Waals surface area contributed by atoms with Gasteiger partial charge < -0.3 is 20.5 Å². The van der Waals surface area contributed by atoms with Crippen molar-refractivity contribution in [1.29, 1.82) is 0 Å². The van der Waals surface area contributed by atoms with E-state index in [1.54, 1.807) is 6.07 Å². The largest absolute Gasteiger partial charge is 0.475 e. The number of carbonyl (C=O) groups is 1. The molecule has 2 heterocycles. The normalized spacial score (nSPS) is 17.3. The molecule has 0 bridgehead atoms. The molecule has 0 radical (unpaired) electrons. The number of nitrogens with zero attached hydrogens (tertiary/aromatic N) is 1. The summed E-state index contributed by atoms with van der Waals surface area (Å²) in [6.07, 6.45) is 2.48. The van der Waals surface area contributed by atoms with E-state index in [-0.39, 0.29) is 18.4 Å². The Balaban J connectivity index is 1.75. The minimum absolute atomic E-state index is 0.190. The maximum Gasteiger partial charge on any atom is 0.240 e. The van der Waals surface area contributed by atoms with Gasteiger partial charge in [-0.1, -0.05) is 23.2 Å². The number of hydrogen-bond acceptors (Lipinski definition) is 5. The molecule has 1 saturated heterocycles. The van der Waals surface area contributed by atoms with Crippen LogP contribution in [0.25, 0.3) is 0 Å². The monoisotopic (exact) mass is 333 g/mol. The molecule has 1 amide bonds. The van der Waals surface area contributed by atoms with Crippen LogP contribution >= 0.6 is 23.2 Å². The minimum Gasteiger partial charge on any atom is -0.475 e. The zero-order valence-corrected chi connectivity index (χ0v) is 12.9. The molecule has 6 nitrogen and oxygen atoms in total. The highest BCUT2D eigenvalue weighted by atomic mass is 35.5. The summed E-state index contributed by atoms with van der Waals surface area (Å²) in [7, 11) is 0. The first-order valence-electron chi connectivity index (χ1n) is 6.60. The fourth-order valence-electron chi connectivity index (χ4n) is 1.96. The first-order valence-corrected chi connectivity index (χ1v) is 7.36. The number of rotatable bonds is 5. The van der Waals surface area contributed by atoms with Gasteiger partial charge in [-0.25, -0.2) is 4.98 Å². The topological polar surface area (TPSA) is 86.5 Å². The van der Waals surface area contributed by atoms with E-state index in [2.05, 4.69) is 10.3 Å². The lowest BCUT2D eigenvalue weighted by atomic mass is 9.90.